The van der Waals surface area contributed by atoms with Gasteiger partial charge in [-0.1, -0.05) is 6.92 Å². The highest BCUT2D eigenvalue weighted by Crippen LogP contribution is 2.22. The number of hydrogen-bond acceptors (Lipinski definition) is 3. The van der Waals surface area contributed by atoms with E-state index in [4.69, 9.17) is 5.73 Å². The van der Waals surface area contributed by atoms with Gasteiger partial charge < -0.3 is 5.73 Å². The molecule has 0 radical (unpaired) electrons. The van der Waals surface area contributed by atoms with Crippen LogP contribution in [0.5, 0.6) is 0 Å². The second kappa shape index (κ2) is 3.46. The number of nitrogens with zero attached hydrogens (tertiary/aromatic N) is 1. The maximum Gasteiger partial charge on any atom is 0.0638 e. The molecule has 2 N–H and O–H groups in total. The summed E-state index contributed by atoms with van der Waals surface area (Å²) >= 11 is 1.74. The van der Waals surface area contributed by atoms with E-state index in [2.05, 4.69) is 11.9 Å². The molecule has 1 heterocycles. The molecule has 0 saturated carbocycles. The van der Waals surface area contributed by atoms with Crippen molar-refractivity contribution in [2.75, 3.05) is 11.5 Å². The third-order valence-electron chi connectivity index (χ3n) is 1.11. The predicted octanol–water partition coefficient (Wildman–Crippen LogP) is 1.78. The summed E-state index contributed by atoms with van der Waals surface area (Å²) < 4.78 is 0. The van der Waals surface area contributed by atoms with Gasteiger partial charge in [0.2, 0.25) is 0 Å². The Kier molecular flexibility index (Phi) is 2.57. The SMILES string of the molecule is CCSc1ccncc1N. The average Bonchev–Trinajstić information content (AvgIpc) is 1.94. The summed E-state index contributed by atoms with van der Waals surface area (Å²) in [5.74, 6) is 1.05. The van der Waals surface area contributed by atoms with Crippen molar-refractivity contribution in [2.24, 2.45) is 0 Å². The van der Waals surface area contributed by atoms with Gasteiger partial charge in [0.05, 0.1) is 11.9 Å². The molecule has 10 heavy (non-hydrogen) atoms. The molecule has 0 aliphatic rings. The van der Waals surface area contributed by atoms with E-state index >= 15 is 0 Å². The number of thioether (sulfide) groups is 1. The maximum atomic E-state index is 5.62. The quantitative estimate of drug-likeness (QED) is 0.660. The number of rotatable bonds is 2. The van der Waals surface area contributed by atoms with Crippen molar-refractivity contribution >= 4 is 17.4 Å². The fourth-order valence-electron chi connectivity index (χ4n) is 0.681. The number of pyridine rings is 1. The lowest BCUT2D eigenvalue weighted by Gasteiger charge is -1.99. The van der Waals surface area contributed by atoms with Crippen LogP contribution in [0.3, 0.4) is 0 Å². The first-order valence-corrected chi connectivity index (χ1v) is 4.15. The van der Waals surface area contributed by atoms with Gasteiger partial charge in [0, 0.05) is 11.1 Å². The molecule has 0 aromatic carbocycles. The molecule has 0 spiro atoms. The molecule has 0 fully saturated rings. The Morgan fingerprint density at radius 2 is 2.50 bits per heavy atom. The van der Waals surface area contributed by atoms with Crippen LogP contribution < -0.4 is 5.73 Å². The van der Waals surface area contributed by atoms with Crippen molar-refractivity contribution in [1.82, 2.24) is 4.98 Å². The van der Waals surface area contributed by atoms with E-state index in [9.17, 15) is 0 Å². The van der Waals surface area contributed by atoms with E-state index in [1.54, 1.807) is 24.2 Å². The Morgan fingerprint density at radius 3 is 3.10 bits per heavy atom. The maximum absolute atomic E-state index is 5.62. The highest BCUT2D eigenvalue weighted by Gasteiger charge is 1.94. The molecule has 3 heteroatoms. The minimum atomic E-state index is 0.773. The number of hydrogen-bond donors (Lipinski definition) is 1. The second-order valence-corrected chi connectivity index (χ2v) is 3.15. The Morgan fingerprint density at radius 1 is 1.70 bits per heavy atom. The summed E-state index contributed by atoms with van der Waals surface area (Å²) in [5.41, 5.74) is 6.40. The van der Waals surface area contributed by atoms with E-state index < -0.39 is 0 Å². The zero-order chi connectivity index (χ0) is 7.40. The second-order valence-electron chi connectivity index (χ2n) is 1.85. The van der Waals surface area contributed by atoms with Crippen LogP contribution in [-0.2, 0) is 0 Å². The van der Waals surface area contributed by atoms with Crippen LogP contribution in [0, 0.1) is 0 Å². The molecule has 0 atom stereocenters. The van der Waals surface area contributed by atoms with Crippen molar-refractivity contribution in [1.29, 1.82) is 0 Å². The van der Waals surface area contributed by atoms with Crippen molar-refractivity contribution < 1.29 is 0 Å². The Labute approximate surface area is 64.8 Å². The molecular formula is C7H10N2S. The molecule has 1 rings (SSSR count). The summed E-state index contributed by atoms with van der Waals surface area (Å²) in [4.78, 5) is 5.01. The highest BCUT2D eigenvalue weighted by atomic mass is 32.2. The van der Waals surface area contributed by atoms with Crippen molar-refractivity contribution in [3.63, 3.8) is 0 Å². The van der Waals surface area contributed by atoms with E-state index in [0.29, 0.717) is 0 Å². The van der Waals surface area contributed by atoms with Gasteiger partial charge in [-0.05, 0) is 11.8 Å². The first kappa shape index (κ1) is 7.41. The molecule has 1 aromatic heterocycles. The zero-order valence-corrected chi connectivity index (χ0v) is 6.69. The van der Waals surface area contributed by atoms with Gasteiger partial charge in [-0.2, -0.15) is 0 Å². The van der Waals surface area contributed by atoms with Gasteiger partial charge in [0.25, 0.3) is 0 Å². The van der Waals surface area contributed by atoms with Crippen LogP contribution in [0.2, 0.25) is 0 Å². The lowest BCUT2D eigenvalue weighted by Crippen LogP contribution is -1.88. The van der Waals surface area contributed by atoms with Crippen molar-refractivity contribution in [2.45, 2.75) is 11.8 Å². The molecule has 0 aliphatic heterocycles. The molecule has 0 amide bonds. The third kappa shape index (κ3) is 1.64. The molecule has 54 valence electrons. The summed E-state index contributed by atoms with van der Waals surface area (Å²) in [6.07, 6.45) is 3.44. The van der Waals surface area contributed by atoms with Crippen LogP contribution in [-0.4, -0.2) is 10.7 Å². The van der Waals surface area contributed by atoms with Gasteiger partial charge in [0.1, 0.15) is 0 Å². The fraction of sp³-hybridized carbons (Fsp3) is 0.286. The van der Waals surface area contributed by atoms with Crippen molar-refractivity contribution in [3.8, 4) is 0 Å². The highest BCUT2D eigenvalue weighted by molar-refractivity contribution is 7.99. The molecule has 0 aliphatic carbocycles. The summed E-state index contributed by atoms with van der Waals surface area (Å²) in [7, 11) is 0. The van der Waals surface area contributed by atoms with Crippen molar-refractivity contribution in [3.05, 3.63) is 18.5 Å². The monoisotopic (exact) mass is 154 g/mol. The van der Waals surface area contributed by atoms with Crippen LogP contribution >= 0.6 is 11.8 Å². The lowest BCUT2D eigenvalue weighted by molar-refractivity contribution is 1.27. The first-order chi connectivity index (χ1) is 4.84. The minimum Gasteiger partial charge on any atom is -0.397 e. The van der Waals surface area contributed by atoms with Crippen LogP contribution in [0.25, 0.3) is 0 Å². The van der Waals surface area contributed by atoms with Crippen LogP contribution in [0.1, 0.15) is 6.92 Å². The molecule has 0 saturated heterocycles. The van der Waals surface area contributed by atoms with Gasteiger partial charge in [-0.3, -0.25) is 4.98 Å². The normalized spacial score (nSPS) is 9.70. The Bertz CT molecular complexity index is 213. The van der Waals surface area contributed by atoms with Crippen LogP contribution in [0.15, 0.2) is 23.4 Å². The predicted molar refractivity (Wildman–Crippen MR) is 45.0 cm³/mol. The average molecular weight is 154 g/mol. The van der Waals surface area contributed by atoms with E-state index in [1.165, 1.54) is 0 Å². The fourth-order valence-corrected chi connectivity index (χ4v) is 1.37. The summed E-state index contributed by atoms with van der Waals surface area (Å²) in [6, 6.07) is 1.93. The first-order valence-electron chi connectivity index (χ1n) is 3.17. The molecular weight excluding hydrogens is 144 g/mol. The van der Waals surface area contributed by atoms with E-state index in [-0.39, 0.29) is 0 Å². The lowest BCUT2D eigenvalue weighted by atomic mass is 10.4. The van der Waals surface area contributed by atoms with Gasteiger partial charge in [0.15, 0.2) is 0 Å². The largest absolute Gasteiger partial charge is 0.397 e. The number of anilines is 1. The molecule has 2 nitrogen and oxygen atoms in total. The third-order valence-corrected chi connectivity index (χ3v) is 2.08. The van der Waals surface area contributed by atoms with Gasteiger partial charge in [-0.25, -0.2) is 0 Å². The topological polar surface area (TPSA) is 38.9 Å². The van der Waals surface area contributed by atoms with Gasteiger partial charge >= 0.3 is 0 Å². The number of nitrogens with two attached hydrogens (primary N) is 1. The number of nitrogen functional groups attached to an aromatic ring is 1. The molecule has 1 aromatic rings. The van der Waals surface area contributed by atoms with E-state index in [1.807, 2.05) is 6.07 Å². The summed E-state index contributed by atoms with van der Waals surface area (Å²) in [6.45, 7) is 2.10. The Balaban J connectivity index is 2.81. The number of aromatic nitrogens is 1. The van der Waals surface area contributed by atoms with Gasteiger partial charge in [-0.15, -0.1) is 11.8 Å². The molecule has 0 unspecified atom stereocenters. The smallest absolute Gasteiger partial charge is 0.0638 e. The van der Waals surface area contributed by atoms with Crippen LogP contribution in [0.4, 0.5) is 5.69 Å². The summed E-state index contributed by atoms with van der Waals surface area (Å²) in [5, 5.41) is 0. The Hall–Kier alpha value is -0.700. The molecule has 0 bridgehead atoms. The van der Waals surface area contributed by atoms with E-state index in [0.717, 1.165) is 16.3 Å². The zero-order valence-electron chi connectivity index (χ0n) is 5.87. The minimum absolute atomic E-state index is 0.773. The standard InChI is InChI=1S/C7H10N2S/c1-2-10-7-3-4-9-5-6(7)8/h3-5H,2,8H2,1H3.